The second-order valence-electron chi connectivity index (χ2n) is 7.94. The summed E-state index contributed by atoms with van der Waals surface area (Å²) in [4.78, 5) is 23.3. The van der Waals surface area contributed by atoms with E-state index in [-0.39, 0.29) is 35.9 Å². The third-order valence-corrected chi connectivity index (χ3v) is 5.64. The average molecular weight is 411 g/mol. The quantitative estimate of drug-likeness (QED) is 0.259. The van der Waals surface area contributed by atoms with E-state index in [1.54, 1.807) is 13.2 Å². The van der Waals surface area contributed by atoms with E-state index < -0.39 is 12.2 Å². The van der Waals surface area contributed by atoms with Crippen molar-refractivity contribution in [2.24, 2.45) is 17.8 Å². The third kappa shape index (κ3) is 9.70. The molecule has 1 aliphatic rings. The molecule has 0 saturated heterocycles. The molecule has 0 amide bonds. The SMILES string of the molecule is COCCCCC(C)[C@@H](O)/C=C/[C@H]1[C@H](O)CC(=O)[C@@H]1C/C=C\CCCC(=O)OC. The number of hydrogen-bond donors (Lipinski definition) is 2. The molecule has 0 aromatic rings. The van der Waals surface area contributed by atoms with Crippen LogP contribution in [0.5, 0.6) is 0 Å². The highest BCUT2D eigenvalue weighted by molar-refractivity contribution is 5.84. The van der Waals surface area contributed by atoms with Gasteiger partial charge in [-0.3, -0.25) is 9.59 Å². The van der Waals surface area contributed by atoms with Gasteiger partial charge in [-0.15, -0.1) is 0 Å². The topological polar surface area (TPSA) is 93.1 Å². The number of aliphatic hydroxyl groups excluding tert-OH is 2. The molecule has 1 rings (SSSR count). The molecule has 6 nitrogen and oxygen atoms in total. The Kier molecular flexibility index (Phi) is 12.7. The maximum Gasteiger partial charge on any atom is 0.305 e. The van der Waals surface area contributed by atoms with Crippen molar-refractivity contribution in [2.45, 2.75) is 70.5 Å². The van der Waals surface area contributed by atoms with Gasteiger partial charge in [0.2, 0.25) is 0 Å². The first-order valence-corrected chi connectivity index (χ1v) is 10.7. The van der Waals surface area contributed by atoms with E-state index in [1.807, 2.05) is 25.2 Å². The number of methoxy groups -OCH3 is 2. The van der Waals surface area contributed by atoms with E-state index in [2.05, 4.69) is 4.74 Å². The Morgan fingerprint density at radius 2 is 2.00 bits per heavy atom. The minimum Gasteiger partial charge on any atom is -0.469 e. The van der Waals surface area contributed by atoms with Crippen LogP contribution in [0.3, 0.4) is 0 Å². The van der Waals surface area contributed by atoms with Crippen molar-refractivity contribution in [1.82, 2.24) is 0 Å². The summed E-state index contributed by atoms with van der Waals surface area (Å²) >= 11 is 0. The Morgan fingerprint density at radius 1 is 1.24 bits per heavy atom. The number of rotatable bonds is 14. The first kappa shape index (κ1) is 25.5. The maximum atomic E-state index is 12.3. The van der Waals surface area contributed by atoms with Gasteiger partial charge in [0.15, 0.2) is 0 Å². The summed E-state index contributed by atoms with van der Waals surface area (Å²) in [6, 6.07) is 0. The van der Waals surface area contributed by atoms with Crippen LogP contribution in [0, 0.1) is 17.8 Å². The molecule has 1 saturated carbocycles. The molecule has 0 bridgehead atoms. The Balaban J connectivity index is 2.49. The van der Waals surface area contributed by atoms with E-state index >= 15 is 0 Å². The molecule has 6 heteroatoms. The van der Waals surface area contributed by atoms with Gasteiger partial charge in [-0.1, -0.05) is 37.6 Å². The minimum atomic E-state index is -0.694. The number of carbonyl (C=O) groups is 2. The van der Waals surface area contributed by atoms with Crippen molar-refractivity contribution in [2.75, 3.05) is 20.8 Å². The predicted octanol–water partition coefficient (Wildman–Crippen LogP) is 3.21. The van der Waals surface area contributed by atoms with E-state index in [0.29, 0.717) is 19.3 Å². The Bertz CT molecular complexity index is 541. The summed E-state index contributed by atoms with van der Waals surface area (Å²) in [5.74, 6) is -0.567. The maximum absolute atomic E-state index is 12.3. The van der Waals surface area contributed by atoms with Crippen LogP contribution in [-0.4, -0.2) is 55.0 Å². The number of esters is 1. The minimum absolute atomic E-state index is 0.0634. The molecule has 0 aliphatic heterocycles. The summed E-state index contributed by atoms with van der Waals surface area (Å²) in [6.07, 6.45) is 11.6. The fourth-order valence-electron chi connectivity index (χ4n) is 3.67. The highest BCUT2D eigenvalue weighted by Gasteiger charge is 2.39. The lowest BCUT2D eigenvalue weighted by atomic mass is 9.89. The van der Waals surface area contributed by atoms with Gasteiger partial charge in [0.05, 0.1) is 19.3 Å². The van der Waals surface area contributed by atoms with Crippen LogP contribution in [0.4, 0.5) is 0 Å². The standard InChI is InChI=1S/C23H38O6/c1-17(10-8-9-15-28-2)20(24)14-13-19-18(21(25)16-22(19)26)11-6-4-5-7-12-23(27)29-3/h4,6,13-14,17-20,22,24,26H,5,7-12,15-16H2,1-3H3/b6-4-,14-13+/t17?,18-,19-,20+,22-/m1/s1. The third-order valence-electron chi connectivity index (χ3n) is 5.64. The monoisotopic (exact) mass is 410 g/mol. The summed E-state index contributed by atoms with van der Waals surface area (Å²) in [5.41, 5.74) is 0. The molecule has 0 aromatic heterocycles. The predicted molar refractivity (Wildman–Crippen MR) is 112 cm³/mol. The molecular weight excluding hydrogens is 372 g/mol. The summed E-state index contributed by atoms with van der Waals surface area (Å²) in [6.45, 7) is 2.74. The number of aliphatic hydroxyl groups is 2. The summed E-state index contributed by atoms with van der Waals surface area (Å²) in [7, 11) is 3.06. The second-order valence-corrected chi connectivity index (χ2v) is 7.94. The molecule has 1 fully saturated rings. The zero-order valence-corrected chi connectivity index (χ0v) is 18.1. The molecule has 166 valence electrons. The van der Waals surface area contributed by atoms with Crippen molar-refractivity contribution in [1.29, 1.82) is 0 Å². The van der Waals surface area contributed by atoms with Gasteiger partial charge in [-0.05, 0) is 38.0 Å². The van der Waals surface area contributed by atoms with Crippen molar-refractivity contribution < 1.29 is 29.3 Å². The van der Waals surface area contributed by atoms with Crippen LogP contribution < -0.4 is 0 Å². The van der Waals surface area contributed by atoms with Crippen LogP contribution >= 0.6 is 0 Å². The van der Waals surface area contributed by atoms with Crippen molar-refractivity contribution in [3.05, 3.63) is 24.3 Å². The normalized spacial score (nSPS) is 24.4. The van der Waals surface area contributed by atoms with Crippen molar-refractivity contribution in [3.63, 3.8) is 0 Å². The van der Waals surface area contributed by atoms with Gasteiger partial charge < -0.3 is 19.7 Å². The number of carbonyl (C=O) groups excluding carboxylic acids is 2. The number of hydrogen-bond acceptors (Lipinski definition) is 6. The van der Waals surface area contributed by atoms with Crippen LogP contribution in [0.2, 0.25) is 0 Å². The van der Waals surface area contributed by atoms with Crippen LogP contribution in [0.1, 0.15) is 58.3 Å². The molecule has 0 radical (unpaired) electrons. The van der Waals surface area contributed by atoms with Crippen LogP contribution in [0.15, 0.2) is 24.3 Å². The average Bonchev–Trinajstić information content (AvgIpc) is 2.97. The van der Waals surface area contributed by atoms with Crippen molar-refractivity contribution in [3.8, 4) is 0 Å². The Hall–Kier alpha value is -1.50. The van der Waals surface area contributed by atoms with E-state index in [4.69, 9.17) is 4.74 Å². The molecular formula is C23H38O6. The van der Waals surface area contributed by atoms with Gasteiger partial charge >= 0.3 is 5.97 Å². The van der Waals surface area contributed by atoms with Crippen LogP contribution in [0.25, 0.3) is 0 Å². The van der Waals surface area contributed by atoms with Gasteiger partial charge in [0.25, 0.3) is 0 Å². The molecule has 1 unspecified atom stereocenters. The molecule has 5 atom stereocenters. The number of Topliss-reactive ketones (excluding diaryl/α,β-unsaturated/α-hetero) is 1. The molecule has 0 aromatic carbocycles. The van der Waals surface area contributed by atoms with E-state index in [0.717, 1.165) is 32.3 Å². The number of unbranched alkanes of at least 4 members (excludes halogenated alkanes) is 2. The number of ether oxygens (including phenoxy) is 2. The summed E-state index contributed by atoms with van der Waals surface area (Å²) < 4.78 is 9.64. The Labute approximate surface area is 175 Å². The fraction of sp³-hybridized carbons (Fsp3) is 0.739. The molecule has 29 heavy (non-hydrogen) atoms. The fourth-order valence-corrected chi connectivity index (χ4v) is 3.67. The smallest absolute Gasteiger partial charge is 0.305 e. The highest BCUT2D eigenvalue weighted by atomic mass is 16.5. The van der Waals surface area contributed by atoms with E-state index in [9.17, 15) is 19.8 Å². The molecule has 1 aliphatic carbocycles. The van der Waals surface area contributed by atoms with Gasteiger partial charge in [-0.25, -0.2) is 0 Å². The van der Waals surface area contributed by atoms with Gasteiger partial charge in [0, 0.05) is 38.4 Å². The first-order valence-electron chi connectivity index (χ1n) is 10.7. The molecule has 0 spiro atoms. The lowest BCUT2D eigenvalue weighted by Gasteiger charge is -2.19. The number of ketones is 1. The van der Waals surface area contributed by atoms with E-state index in [1.165, 1.54) is 7.11 Å². The zero-order chi connectivity index (χ0) is 21.6. The molecule has 2 N–H and O–H groups in total. The highest BCUT2D eigenvalue weighted by Crippen LogP contribution is 2.33. The largest absolute Gasteiger partial charge is 0.469 e. The first-order chi connectivity index (χ1) is 13.9. The van der Waals surface area contributed by atoms with Gasteiger partial charge in [-0.2, -0.15) is 0 Å². The van der Waals surface area contributed by atoms with Gasteiger partial charge in [0.1, 0.15) is 5.78 Å². The second kappa shape index (κ2) is 14.5. The Morgan fingerprint density at radius 3 is 2.69 bits per heavy atom. The molecule has 0 heterocycles. The van der Waals surface area contributed by atoms with Crippen molar-refractivity contribution >= 4 is 11.8 Å². The summed E-state index contributed by atoms with van der Waals surface area (Å²) in [5, 5.41) is 20.6. The number of allylic oxidation sites excluding steroid dienone is 2. The zero-order valence-electron chi connectivity index (χ0n) is 18.1. The van der Waals surface area contributed by atoms with Crippen LogP contribution in [-0.2, 0) is 19.1 Å². The lowest BCUT2D eigenvalue weighted by molar-refractivity contribution is -0.140. The lowest BCUT2D eigenvalue weighted by Crippen LogP contribution is -2.20.